The lowest BCUT2D eigenvalue weighted by molar-refractivity contribution is -0.139. The summed E-state index contributed by atoms with van der Waals surface area (Å²) >= 11 is 0. The van der Waals surface area contributed by atoms with Gasteiger partial charge in [-0.05, 0) is 236 Å². The zero-order chi connectivity index (χ0) is 105. The maximum absolute atomic E-state index is 13.4. The number of aryl methyl sites for hydroxylation is 1. The van der Waals surface area contributed by atoms with Crippen molar-refractivity contribution in [3.63, 3.8) is 0 Å². The van der Waals surface area contributed by atoms with Crippen LogP contribution in [0, 0.1) is 0 Å². The summed E-state index contributed by atoms with van der Waals surface area (Å²) in [6, 6.07) is 28.9. The molecule has 15 heterocycles. The highest BCUT2D eigenvalue weighted by atomic mass is 19.4. The van der Waals surface area contributed by atoms with Gasteiger partial charge in [-0.2, -0.15) is 91.3 Å². The Morgan fingerprint density at radius 3 is 0.764 bits per heavy atom. The lowest BCUT2D eigenvalue weighted by Gasteiger charge is -2.33. The fourth-order valence-electron chi connectivity index (χ4n) is 23.1. The van der Waals surface area contributed by atoms with Gasteiger partial charge < -0.3 is 24.5 Å². The Bertz CT molecular complexity index is 6170. The fraction of sp³-hybridized carbons (Fsp3) is 0.537. The van der Waals surface area contributed by atoms with Gasteiger partial charge in [0.05, 0.1) is 44.9 Å². The number of alkyl halides is 15. The minimum Gasteiger partial charge on any atom is -0.337 e. The second-order valence-corrected chi connectivity index (χ2v) is 40.3. The first-order valence-corrected chi connectivity index (χ1v) is 52.1. The van der Waals surface area contributed by atoms with Crippen LogP contribution in [0.2, 0.25) is 0 Å². The molecule has 10 aliphatic rings. The summed E-state index contributed by atoms with van der Waals surface area (Å²) in [5.74, 6) is -1.56. The minimum atomic E-state index is -4.36. The second kappa shape index (κ2) is 47.6. The van der Waals surface area contributed by atoms with Crippen molar-refractivity contribution in [3.8, 4) is 0 Å². The van der Waals surface area contributed by atoms with Gasteiger partial charge in [-0.15, -0.1) is 0 Å². The van der Waals surface area contributed by atoms with E-state index in [9.17, 15) is 89.8 Å². The van der Waals surface area contributed by atoms with Crippen LogP contribution < -0.4 is 0 Å². The number of halogens is 15. The van der Waals surface area contributed by atoms with Crippen molar-refractivity contribution in [2.75, 3.05) is 118 Å². The van der Waals surface area contributed by atoms with E-state index in [1.165, 1.54) is 30.3 Å². The highest BCUT2D eigenvalue weighted by molar-refractivity contribution is 5.97. The average Bonchev–Trinajstić information content (AvgIpc) is 1.64. The number of benzene rings is 5. The molecule has 20 rings (SSSR count). The van der Waals surface area contributed by atoms with E-state index in [0.717, 1.165) is 230 Å². The molecule has 798 valence electrons. The quantitative estimate of drug-likeness (QED) is 0.0472. The molecule has 5 N–H and O–H groups in total. The van der Waals surface area contributed by atoms with E-state index in [2.05, 4.69) is 110 Å². The normalized spacial score (nSPS) is 18.5. The van der Waals surface area contributed by atoms with Crippen molar-refractivity contribution >= 4 is 29.5 Å². The number of nitrogens with one attached hydrogen (secondary N) is 5. The first kappa shape index (κ1) is 109. The molecule has 40 heteroatoms. The number of likely N-dealkylation sites (tertiary alicyclic amines) is 5. The Morgan fingerprint density at radius 1 is 0.257 bits per heavy atom. The molecule has 10 aliphatic heterocycles. The van der Waals surface area contributed by atoms with Crippen LogP contribution in [0.5, 0.6) is 0 Å². The Morgan fingerprint density at radius 2 is 0.473 bits per heavy atom. The van der Waals surface area contributed by atoms with E-state index in [4.69, 9.17) is 0 Å². The largest absolute Gasteiger partial charge is 0.416 e. The maximum atomic E-state index is 13.4. The Kier molecular flexibility index (Phi) is 35.1. The summed E-state index contributed by atoms with van der Waals surface area (Å²) in [6.07, 6.45) is -8.76. The number of fused-ring (bicyclic) bond motifs is 5. The SMILES string of the molecule is CCCN1CCCc2[nH]nc(C(=O)N3CCC(c4ccccc4C(F)(F)F)CC3)c2C1.CCCN1CCc2[nH]nc(C(=O)N3CCC(c4ccccc4C(F)(F)F)CC3)c2C1.CCCN1CCc2c(C(=O)N3CCC(c4ccccc4C(F)(F)F)CC3)n[nH]c2C1.CCCN1Cc2[nH]nc(C(=O)N3CCC(c4ccccc4C(F)(F)F)CC3)c2C1.CCN1Cc2[nH]nc(C(=O)N3CCC(c4ccccc4C(F)(F)F)CC3)c2C1. The maximum Gasteiger partial charge on any atom is 0.416 e. The summed E-state index contributed by atoms with van der Waals surface area (Å²) in [4.78, 5) is 85.5. The molecule has 5 amide bonds. The molecule has 0 spiro atoms. The van der Waals surface area contributed by atoms with E-state index in [0.29, 0.717) is 192 Å². The zero-order valence-electron chi connectivity index (χ0n) is 84.3. The summed E-state index contributed by atoms with van der Waals surface area (Å²) in [5, 5.41) is 36.5. The Labute approximate surface area is 851 Å². The van der Waals surface area contributed by atoms with E-state index in [1.807, 2.05) is 0 Å². The van der Waals surface area contributed by atoms with Crippen molar-refractivity contribution < 1.29 is 89.8 Å². The minimum absolute atomic E-state index is 0.112. The standard InChI is InChI=1S/C23H29F3N4O.2C22H27F3N4O.C21H25F3N4O.C20H23F3N4O/c1-2-11-29-12-5-8-20-18(15-29)21(28-27-20)22(31)30-13-9-16(10-14-30)17-6-3-4-7-19(17)23(24,25)26;1-2-10-28-11-9-19-17(14-28)20(27-26-19)21(30)29-12-7-15(8-13-29)16-5-3-4-6-18(16)22(23,24)25;1-2-10-28-11-9-17-19(14-28)26-27-20(17)21(30)29-12-7-15(8-13-29)16-5-3-4-6-18(16)22(23,24)25;1-2-9-27-12-16-18(13-27)25-26-19(16)20(29)28-10-7-14(8-11-28)15-5-3-4-6-17(15)21(22,23)24;1-2-26-11-15-17(12-26)24-25-18(15)19(28)27-9-7-13(8-10-27)14-5-3-4-6-16(14)20(21,22)23/h3-4,6-7,16H,2,5,8-15H2,1H3,(H,27,28);2*3-6,15H,2,7-14H2,1H3,(H,26,27);3-6,14H,2,7-13H2,1H3,(H,25,26);3-6,13H,2,7-12H2,1H3,(H,24,25). The summed E-state index contributed by atoms with van der Waals surface area (Å²) < 4.78 is 200. The number of amides is 5. The Hall–Kier alpha value is -11.8. The van der Waals surface area contributed by atoms with Crippen molar-refractivity contribution in [2.45, 2.75) is 256 Å². The van der Waals surface area contributed by atoms with Gasteiger partial charge in [0.15, 0.2) is 28.5 Å². The summed E-state index contributed by atoms with van der Waals surface area (Å²) in [7, 11) is 0. The molecule has 10 aromatic rings. The molecular formula is C108H131F15N20O5. The molecule has 5 aromatic heterocycles. The average molecular weight is 2070 g/mol. The molecule has 0 bridgehead atoms. The molecule has 25 nitrogen and oxygen atoms in total. The van der Waals surface area contributed by atoms with E-state index in [1.54, 1.807) is 85.2 Å². The number of nitrogens with zero attached hydrogens (tertiary/aromatic N) is 15. The van der Waals surface area contributed by atoms with Crippen LogP contribution in [0.25, 0.3) is 0 Å². The number of aromatic amines is 5. The highest BCUT2D eigenvalue weighted by Gasteiger charge is 2.45. The smallest absolute Gasteiger partial charge is 0.337 e. The van der Waals surface area contributed by atoms with Crippen LogP contribution >= 0.6 is 0 Å². The first-order valence-electron chi connectivity index (χ1n) is 52.1. The number of hydrogen-bond acceptors (Lipinski definition) is 15. The number of H-pyrrole nitrogens is 5. The monoisotopic (exact) mass is 2070 g/mol. The van der Waals surface area contributed by atoms with Gasteiger partial charge in [0.25, 0.3) is 29.5 Å². The van der Waals surface area contributed by atoms with Crippen molar-refractivity contribution in [1.82, 2.24) is 100.0 Å². The van der Waals surface area contributed by atoms with Crippen LogP contribution in [0.1, 0.15) is 325 Å². The van der Waals surface area contributed by atoms with Gasteiger partial charge in [0.2, 0.25) is 0 Å². The molecule has 5 aromatic carbocycles. The number of carbonyl (C=O) groups is 5. The second-order valence-electron chi connectivity index (χ2n) is 40.3. The van der Waals surface area contributed by atoms with Crippen LogP contribution in [0.4, 0.5) is 65.9 Å². The third-order valence-corrected chi connectivity index (χ3v) is 30.8. The molecular weight excluding hydrogens is 1940 g/mol. The molecule has 5 fully saturated rings. The lowest BCUT2D eigenvalue weighted by Crippen LogP contribution is -2.39. The molecule has 0 aliphatic carbocycles. The van der Waals surface area contributed by atoms with Crippen molar-refractivity contribution in [3.05, 3.63) is 262 Å². The van der Waals surface area contributed by atoms with Crippen LogP contribution in [0.15, 0.2) is 121 Å². The fourth-order valence-corrected chi connectivity index (χ4v) is 23.1. The zero-order valence-corrected chi connectivity index (χ0v) is 84.3. The summed E-state index contributed by atoms with van der Waals surface area (Å²) in [6.45, 7) is 28.0. The van der Waals surface area contributed by atoms with E-state index >= 15 is 0 Å². The van der Waals surface area contributed by atoms with Gasteiger partial charge in [0, 0.05) is 170 Å². The molecule has 148 heavy (non-hydrogen) atoms. The molecule has 0 saturated carbocycles. The lowest BCUT2D eigenvalue weighted by atomic mass is 9.86. The number of hydrogen-bond donors (Lipinski definition) is 5. The van der Waals surface area contributed by atoms with Crippen molar-refractivity contribution in [1.29, 1.82) is 0 Å². The predicted molar refractivity (Wildman–Crippen MR) is 526 cm³/mol. The van der Waals surface area contributed by atoms with E-state index < -0.39 is 58.7 Å². The predicted octanol–water partition coefficient (Wildman–Crippen LogP) is 21.0. The highest BCUT2D eigenvalue weighted by Crippen LogP contribution is 2.47. The molecule has 0 atom stereocenters. The summed E-state index contributed by atoms with van der Waals surface area (Å²) in [5.41, 5.74) is 11.2. The van der Waals surface area contributed by atoms with Crippen LogP contribution in [-0.2, 0) is 96.0 Å². The van der Waals surface area contributed by atoms with Gasteiger partial charge in [-0.3, -0.25) is 74.0 Å². The van der Waals surface area contributed by atoms with Crippen LogP contribution in [-0.4, -0.2) is 247 Å². The van der Waals surface area contributed by atoms with Gasteiger partial charge in [-0.25, -0.2) is 0 Å². The number of aromatic nitrogens is 10. The molecule has 0 unspecified atom stereocenters. The number of rotatable bonds is 19. The van der Waals surface area contributed by atoms with Gasteiger partial charge in [-0.1, -0.05) is 126 Å². The third-order valence-electron chi connectivity index (χ3n) is 30.8. The van der Waals surface area contributed by atoms with Crippen molar-refractivity contribution in [2.24, 2.45) is 0 Å². The van der Waals surface area contributed by atoms with Crippen LogP contribution in [0.3, 0.4) is 0 Å². The third kappa shape index (κ3) is 25.4. The molecule has 0 radical (unpaired) electrons. The van der Waals surface area contributed by atoms with Gasteiger partial charge in [0.1, 0.15) is 0 Å². The Balaban J connectivity index is 0.000000132. The first-order chi connectivity index (χ1) is 70.9. The van der Waals surface area contributed by atoms with Gasteiger partial charge >= 0.3 is 30.9 Å². The van der Waals surface area contributed by atoms with E-state index in [-0.39, 0.29) is 59.1 Å². The topological polar surface area (TPSA) is 261 Å². The number of piperidine rings is 5. The molecule has 5 saturated heterocycles. The number of carbonyl (C=O) groups excluding carboxylic acids is 5.